The molecule has 1 amide bonds. The molecule has 0 radical (unpaired) electrons. The molecule has 2 heterocycles. The first kappa shape index (κ1) is 16.4. The number of benzene rings is 1. The maximum Gasteiger partial charge on any atom is 0.298 e. The monoisotopic (exact) mass is 344 g/mol. The zero-order valence-corrected chi connectivity index (χ0v) is 15.1. The number of carbonyl (C=O) groups is 1. The van der Waals surface area contributed by atoms with Crippen LogP contribution in [0.4, 0.5) is 0 Å². The summed E-state index contributed by atoms with van der Waals surface area (Å²) < 4.78 is 10.2. The average molecular weight is 344 g/mol. The number of hydrogen-bond acceptors (Lipinski definition) is 4. The van der Waals surface area contributed by atoms with E-state index in [-0.39, 0.29) is 5.91 Å². The number of ether oxygens (including phenoxy) is 1. The predicted molar refractivity (Wildman–Crippen MR) is 94.5 cm³/mol. The van der Waals surface area contributed by atoms with Crippen molar-refractivity contribution in [2.24, 2.45) is 12.0 Å². The van der Waals surface area contributed by atoms with Crippen LogP contribution in [0.5, 0.6) is 5.75 Å². The van der Waals surface area contributed by atoms with Gasteiger partial charge in [0, 0.05) is 19.2 Å². The lowest BCUT2D eigenvalue weighted by Crippen LogP contribution is -2.17. The van der Waals surface area contributed by atoms with Crippen molar-refractivity contribution in [3.63, 3.8) is 0 Å². The summed E-state index contributed by atoms with van der Waals surface area (Å²) in [7, 11) is 1.75. The van der Waals surface area contributed by atoms with Gasteiger partial charge in [-0.25, -0.2) is 0 Å². The second-order valence-corrected chi connectivity index (χ2v) is 6.42. The largest absolute Gasteiger partial charge is 0.494 e. The number of carbonyl (C=O) groups excluding carboxylic acids is 1. The fraction of sp³-hybridized carbons (Fsp3) is 0.353. The normalized spacial score (nSPS) is 12.1. The summed E-state index contributed by atoms with van der Waals surface area (Å²) in [6.07, 6.45) is 1.68. The molecular weight excluding hydrogens is 324 g/mol. The van der Waals surface area contributed by atoms with Crippen LogP contribution in [0.15, 0.2) is 29.4 Å². The van der Waals surface area contributed by atoms with Gasteiger partial charge in [0.1, 0.15) is 11.4 Å². The van der Waals surface area contributed by atoms with Crippen LogP contribution >= 0.6 is 11.3 Å². The van der Waals surface area contributed by atoms with E-state index in [4.69, 9.17) is 4.74 Å². The van der Waals surface area contributed by atoms with Gasteiger partial charge in [0.25, 0.3) is 5.91 Å². The van der Waals surface area contributed by atoms with Crippen LogP contribution in [0.2, 0.25) is 0 Å². The molecule has 0 bridgehead atoms. The van der Waals surface area contributed by atoms with Crippen LogP contribution < -0.4 is 9.54 Å². The number of amides is 1. The highest BCUT2D eigenvalue weighted by Gasteiger charge is 2.14. The highest BCUT2D eigenvalue weighted by Crippen LogP contribution is 2.23. The van der Waals surface area contributed by atoms with Crippen molar-refractivity contribution >= 4 is 27.5 Å². The number of aromatic nitrogens is 3. The molecule has 7 heteroatoms. The second kappa shape index (κ2) is 6.60. The van der Waals surface area contributed by atoms with E-state index < -0.39 is 0 Å². The Morgan fingerprint density at radius 3 is 2.79 bits per heavy atom. The molecule has 24 heavy (non-hydrogen) atoms. The Morgan fingerprint density at radius 2 is 2.17 bits per heavy atom. The first-order valence-corrected chi connectivity index (χ1v) is 8.70. The Kier molecular flexibility index (Phi) is 4.53. The van der Waals surface area contributed by atoms with E-state index in [0.29, 0.717) is 17.1 Å². The molecule has 3 aromatic rings. The lowest BCUT2D eigenvalue weighted by atomic mass is 10.3. The van der Waals surface area contributed by atoms with Crippen LogP contribution in [-0.2, 0) is 13.6 Å². The molecule has 0 atom stereocenters. The van der Waals surface area contributed by atoms with Crippen molar-refractivity contribution in [2.75, 3.05) is 6.61 Å². The van der Waals surface area contributed by atoms with Crippen molar-refractivity contribution < 1.29 is 9.53 Å². The third-order valence-electron chi connectivity index (χ3n) is 3.80. The van der Waals surface area contributed by atoms with Gasteiger partial charge < -0.3 is 9.30 Å². The van der Waals surface area contributed by atoms with Gasteiger partial charge in [0.05, 0.1) is 23.0 Å². The zero-order valence-electron chi connectivity index (χ0n) is 14.2. The summed E-state index contributed by atoms with van der Waals surface area (Å²) in [6.45, 7) is 7.23. The molecule has 0 aliphatic heterocycles. The van der Waals surface area contributed by atoms with E-state index in [2.05, 4.69) is 10.1 Å². The Balaban J connectivity index is 2.13. The Labute approximate surface area is 144 Å². The minimum Gasteiger partial charge on any atom is -0.494 e. The first-order valence-electron chi connectivity index (χ1n) is 7.89. The first-order chi connectivity index (χ1) is 11.5. The van der Waals surface area contributed by atoms with E-state index >= 15 is 0 Å². The van der Waals surface area contributed by atoms with E-state index in [1.807, 2.05) is 43.5 Å². The number of rotatable bonds is 4. The zero-order chi connectivity index (χ0) is 17.3. The topological polar surface area (TPSA) is 61.4 Å². The molecule has 0 saturated carbocycles. The maximum absolute atomic E-state index is 12.6. The van der Waals surface area contributed by atoms with Crippen LogP contribution in [0.1, 0.15) is 29.9 Å². The minimum atomic E-state index is -0.272. The molecule has 0 aliphatic rings. The van der Waals surface area contributed by atoms with E-state index in [1.165, 1.54) is 11.3 Å². The summed E-state index contributed by atoms with van der Waals surface area (Å²) >= 11 is 1.49. The molecule has 0 unspecified atom stereocenters. The van der Waals surface area contributed by atoms with Crippen LogP contribution in [0.3, 0.4) is 0 Å². The van der Waals surface area contributed by atoms with Crippen molar-refractivity contribution in [3.05, 3.63) is 40.5 Å². The molecule has 0 aliphatic carbocycles. The second-order valence-electron chi connectivity index (χ2n) is 5.41. The number of aryl methyl sites for hydroxylation is 3. The molecule has 2 aromatic heterocycles. The molecule has 0 N–H and O–H groups in total. The summed E-state index contributed by atoms with van der Waals surface area (Å²) in [4.78, 5) is 17.6. The highest BCUT2D eigenvalue weighted by molar-refractivity contribution is 7.16. The number of thiazole rings is 1. The standard InChI is InChI=1S/C17H20N4O2S/c1-5-21-13-8-7-12(23-6-2)9-14(13)24-17(21)19-16(22)15-11(3)10-18-20(15)4/h7-10H,5-6H2,1-4H3. The smallest absolute Gasteiger partial charge is 0.298 e. The molecule has 1 aromatic carbocycles. The van der Waals surface area contributed by atoms with Gasteiger partial charge in [-0.05, 0) is 39.0 Å². The third kappa shape index (κ3) is 2.87. The van der Waals surface area contributed by atoms with Gasteiger partial charge in [-0.2, -0.15) is 10.1 Å². The van der Waals surface area contributed by atoms with Crippen molar-refractivity contribution in [2.45, 2.75) is 27.3 Å². The van der Waals surface area contributed by atoms with Gasteiger partial charge in [-0.3, -0.25) is 9.48 Å². The van der Waals surface area contributed by atoms with Crippen molar-refractivity contribution in [3.8, 4) is 5.75 Å². The highest BCUT2D eigenvalue weighted by atomic mass is 32.1. The number of hydrogen-bond donors (Lipinski definition) is 0. The fourth-order valence-corrected chi connectivity index (χ4v) is 3.82. The summed E-state index contributed by atoms with van der Waals surface area (Å²) in [5.74, 6) is 0.557. The summed E-state index contributed by atoms with van der Waals surface area (Å²) in [6, 6.07) is 5.95. The average Bonchev–Trinajstić information content (AvgIpc) is 3.06. The van der Waals surface area contributed by atoms with Gasteiger partial charge >= 0.3 is 0 Å². The Morgan fingerprint density at radius 1 is 1.38 bits per heavy atom. The summed E-state index contributed by atoms with van der Waals surface area (Å²) in [5.41, 5.74) is 2.40. The Hall–Kier alpha value is -2.41. The van der Waals surface area contributed by atoms with Gasteiger partial charge in [-0.1, -0.05) is 11.3 Å². The molecule has 0 saturated heterocycles. The lowest BCUT2D eigenvalue weighted by molar-refractivity contribution is 0.0988. The quantitative estimate of drug-likeness (QED) is 0.731. The molecule has 3 rings (SSSR count). The summed E-state index contributed by atoms with van der Waals surface area (Å²) in [5, 5.41) is 4.11. The van der Waals surface area contributed by atoms with Crippen molar-refractivity contribution in [1.82, 2.24) is 14.3 Å². The minimum absolute atomic E-state index is 0.272. The number of nitrogens with zero attached hydrogens (tertiary/aromatic N) is 4. The SMILES string of the molecule is CCOc1ccc2c(c1)sc(=NC(=O)c1c(C)cnn1C)n2CC. The third-order valence-corrected chi connectivity index (χ3v) is 4.84. The Bertz CT molecular complexity index is 945. The van der Waals surface area contributed by atoms with Gasteiger partial charge in [0.15, 0.2) is 4.80 Å². The molecule has 126 valence electrons. The van der Waals surface area contributed by atoms with Crippen LogP contribution in [-0.4, -0.2) is 26.9 Å². The number of fused-ring (bicyclic) bond motifs is 1. The van der Waals surface area contributed by atoms with E-state index in [9.17, 15) is 4.79 Å². The lowest BCUT2D eigenvalue weighted by Gasteiger charge is -2.03. The van der Waals surface area contributed by atoms with Gasteiger partial charge in [0.2, 0.25) is 0 Å². The van der Waals surface area contributed by atoms with E-state index in [1.54, 1.807) is 17.9 Å². The van der Waals surface area contributed by atoms with Crippen LogP contribution in [0.25, 0.3) is 10.2 Å². The van der Waals surface area contributed by atoms with Gasteiger partial charge in [-0.15, -0.1) is 0 Å². The van der Waals surface area contributed by atoms with Crippen LogP contribution in [0, 0.1) is 6.92 Å². The molecular formula is C17H20N4O2S. The molecule has 6 nitrogen and oxygen atoms in total. The maximum atomic E-state index is 12.6. The molecule has 0 fully saturated rings. The predicted octanol–water partition coefficient (Wildman–Crippen LogP) is 2.90. The van der Waals surface area contributed by atoms with E-state index in [0.717, 1.165) is 28.1 Å². The fourth-order valence-electron chi connectivity index (χ4n) is 2.70. The van der Waals surface area contributed by atoms with Crippen molar-refractivity contribution in [1.29, 1.82) is 0 Å². The molecule has 0 spiro atoms.